The van der Waals surface area contributed by atoms with Crippen molar-refractivity contribution in [2.24, 2.45) is 29.6 Å². The molecule has 0 saturated heterocycles. The fraction of sp³-hybridized carbons (Fsp3) is 0.586. The molecule has 0 unspecified atom stereocenters. The number of rotatable bonds is 7. The molecule has 6 bridgehead atoms. The van der Waals surface area contributed by atoms with Crippen LogP contribution < -0.4 is 0 Å². The zero-order chi connectivity index (χ0) is 22.7. The van der Waals surface area contributed by atoms with Gasteiger partial charge in [0.05, 0.1) is 17.9 Å². The Kier molecular flexibility index (Phi) is 4.97. The number of fused-ring (bicyclic) bond motifs is 2. The summed E-state index contributed by atoms with van der Waals surface area (Å²) in [5.41, 5.74) is 2.20. The maximum Gasteiger partial charge on any atom is 0.359 e. The number of imidazole rings is 1. The van der Waals surface area contributed by atoms with Gasteiger partial charge in [-0.05, 0) is 86.5 Å². The number of aromatic amines is 1. The number of allylic oxidation sites excluding steroid dienone is 2. The quantitative estimate of drug-likeness (QED) is 0.412. The molecular weight excluding hydrogens is 424 g/mol. The van der Waals surface area contributed by atoms with Crippen LogP contribution in [0.5, 0.6) is 0 Å². The van der Waals surface area contributed by atoms with E-state index in [9.17, 15) is 4.79 Å². The number of carbonyl (C=O) groups is 1. The molecule has 1 N–H and O–H groups in total. The molecule has 5 heteroatoms. The first kappa shape index (κ1) is 20.9. The van der Waals surface area contributed by atoms with Gasteiger partial charge in [0.15, 0.2) is 5.69 Å². The summed E-state index contributed by atoms with van der Waals surface area (Å²) < 4.78 is 12.4. The fourth-order valence-corrected chi connectivity index (χ4v) is 8.20. The standard InChI is InChI=1S/C29H34N2O3/c32-28(33-16-18-4-2-1-3-5-18)26-25(30-27(31-26)24-12-19-6-7-23(24)11-19)17-34-29-13-20-8-21(14-29)10-22(9-20)15-29/h1-7,19-24H,8-17H2,(H,30,31)/t19-,20?,21?,22?,23+,24-,29?/m0/s1. The lowest BCUT2D eigenvalue weighted by Gasteiger charge is -2.56. The van der Waals surface area contributed by atoms with Crippen molar-refractivity contribution in [1.29, 1.82) is 0 Å². The van der Waals surface area contributed by atoms with Crippen LogP contribution in [0.25, 0.3) is 0 Å². The zero-order valence-corrected chi connectivity index (χ0v) is 19.7. The van der Waals surface area contributed by atoms with Gasteiger partial charge in [-0.25, -0.2) is 9.78 Å². The van der Waals surface area contributed by atoms with Crippen LogP contribution in [0.3, 0.4) is 0 Å². The maximum atomic E-state index is 13.2. The lowest BCUT2D eigenvalue weighted by atomic mass is 9.54. The molecule has 1 aromatic heterocycles. The minimum Gasteiger partial charge on any atom is -0.456 e. The number of benzene rings is 1. The molecule has 6 aliphatic rings. The summed E-state index contributed by atoms with van der Waals surface area (Å²) in [5.74, 6) is 4.63. The van der Waals surface area contributed by atoms with E-state index in [1.54, 1.807) is 0 Å². The Hall–Kier alpha value is -2.40. The number of hydrogen-bond donors (Lipinski definition) is 1. The Labute approximate surface area is 201 Å². The average molecular weight is 459 g/mol. The van der Waals surface area contributed by atoms with E-state index in [-0.39, 0.29) is 18.2 Å². The maximum absolute atomic E-state index is 13.2. The third-order valence-electron chi connectivity index (χ3n) is 9.34. The van der Waals surface area contributed by atoms with Crippen LogP contribution in [0.15, 0.2) is 42.5 Å². The lowest BCUT2D eigenvalue weighted by molar-refractivity contribution is -0.169. The van der Waals surface area contributed by atoms with Crippen molar-refractivity contribution in [3.63, 3.8) is 0 Å². The van der Waals surface area contributed by atoms with Gasteiger partial charge >= 0.3 is 5.97 Å². The molecule has 0 aliphatic heterocycles. The summed E-state index contributed by atoms with van der Waals surface area (Å²) in [4.78, 5) is 21.6. The van der Waals surface area contributed by atoms with E-state index in [2.05, 4.69) is 17.1 Å². The SMILES string of the molecule is O=C(OCc1ccccc1)c1nc([C@H]2C[C@H]3C=C[C@@H]2C3)[nH]c1COC12CC3CC(CC(C3)C1)C2. The number of H-pyrrole nitrogens is 1. The molecule has 2 aromatic rings. The second-order valence-electron chi connectivity index (χ2n) is 11.8. The van der Waals surface area contributed by atoms with E-state index in [1.807, 2.05) is 30.3 Å². The van der Waals surface area contributed by atoms with Crippen LogP contribution in [0.4, 0.5) is 0 Å². The fourth-order valence-electron chi connectivity index (χ4n) is 8.20. The van der Waals surface area contributed by atoms with Crippen molar-refractivity contribution < 1.29 is 14.3 Å². The topological polar surface area (TPSA) is 64.2 Å². The van der Waals surface area contributed by atoms with Gasteiger partial charge in [0, 0.05) is 5.92 Å². The molecule has 3 atom stereocenters. The molecule has 8 rings (SSSR count). The molecule has 5 nitrogen and oxygen atoms in total. The molecule has 5 saturated carbocycles. The van der Waals surface area contributed by atoms with Crippen LogP contribution in [0.2, 0.25) is 0 Å². The number of hydrogen-bond acceptors (Lipinski definition) is 4. The molecule has 0 amide bonds. The Morgan fingerprint density at radius 1 is 0.941 bits per heavy atom. The number of nitrogens with one attached hydrogen (secondary N) is 1. The van der Waals surface area contributed by atoms with E-state index in [4.69, 9.17) is 14.5 Å². The van der Waals surface area contributed by atoms with Crippen molar-refractivity contribution in [3.05, 3.63) is 65.3 Å². The second-order valence-corrected chi connectivity index (χ2v) is 11.8. The van der Waals surface area contributed by atoms with Crippen LogP contribution in [-0.4, -0.2) is 21.5 Å². The first-order chi connectivity index (χ1) is 16.6. The number of ether oxygens (including phenoxy) is 2. The van der Waals surface area contributed by atoms with Gasteiger partial charge in [-0.15, -0.1) is 0 Å². The molecule has 5 fully saturated rings. The summed E-state index contributed by atoms with van der Waals surface area (Å²) >= 11 is 0. The van der Waals surface area contributed by atoms with Crippen molar-refractivity contribution >= 4 is 5.97 Å². The van der Waals surface area contributed by atoms with Gasteiger partial charge in [-0.3, -0.25) is 0 Å². The van der Waals surface area contributed by atoms with E-state index in [0.29, 0.717) is 30.1 Å². The number of carbonyl (C=O) groups excluding carboxylic acids is 1. The van der Waals surface area contributed by atoms with E-state index in [1.165, 1.54) is 44.9 Å². The second kappa shape index (κ2) is 8.08. The predicted molar refractivity (Wildman–Crippen MR) is 128 cm³/mol. The summed E-state index contributed by atoms with van der Waals surface area (Å²) in [7, 11) is 0. The molecule has 1 aromatic carbocycles. The molecular formula is C29H34N2O3. The van der Waals surface area contributed by atoms with Gasteiger partial charge in [0.2, 0.25) is 0 Å². The van der Waals surface area contributed by atoms with Gasteiger partial charge in [-0.2, -0.15) is 0 Å². The Balaban J connectivity index is 1.12. The number of aromatic nitrogens is 2. The van der Waals surface area contributed by atoms with Crippen molar-refractivity contribution in [3.8, 4) is 0 Å². The predicted octanol–water partition coefficient (Wildman–Crippen LogP) is 5.93. The van der Waals surface area contributed by atoms with Crippen molar-refractivity contribution in [2.45, 2.75) is 76.1 Å². The lowest BCUT2D eigenvalue weighted by Crippen LogP contribution is -2.51. The minimum absolute atomic E-state index is 0.000398. The highest BCUT2D eigenvalue weighted by atomic mass is 16.5. The van der Waals surface area contributed by atoms with E-state index in [0.717, 1.165) is 41.3 Å². The monoisotopic (exact) mass is 458 g/mol. The van der Waals surface area contributed by atoms with Crippen LogP contribution in [-0.2, 0) is 22.7 Å². The van der Waals surface area contributed by atoms with Gasteiger partial charge in [-0.1, -0.05) is 42.5 Å². The zero-order valence-electron chi connectivity index (χ0n) is 19.7. The molecule has 0 radical (unpaired) electrons. The molecule has 34 heavy (non-hydrogen) atoms. The average Bonchev–Trinajstić information content (AvgIpc) is 3.57. The highest BCUT2D eigenvalue weighted by molar-refractivity contribution is 5.88. The van der Waals surface area contributed by atoms with Crippen molar-refractivity contribution in [2.75, 3.05) is 0 Å². The summed E-state index contributed by atoms with van der Waals surface area (Å²) in [6.07, 6.45) is 14.7. The summed E-state index contributed by atoms with van der Waals surface area (Å²) in [5, 5.41) is 0. The molecule has 178 valence electrons. The molecule has 0 spiro atoms. The Morgan fingerprint density at radius 2 is 1.68 bits per heavy atom. The molecule has 1 heterocycles. The highest BCUT2D eigenvalue weighted by Crippen LogP contribution is 2.57. The van der Waals surface area contributed by atoms with Gasteiger partial charge in [0.25, 0.3) is 0 Å². The normalized spacial score (nSPS) is 36.9. The first-order valence-corrected chi connectivity index (χ1v) is 13.2. The molecule has 6 aliphatic carbocycles. The number of nitrogens with zero attached hydrogens (tertiary/aromatic N) is 1. The first-order valence-electron chi connectivity index (χ1n) is 13.2. The highest BCUT2D eigenvalue weighted by Gasteiger charge is 2.52. The van der Waals surface area contributed by atoms with Crippen LogP contribution in [0.1, 0.15) is 84.9 Å². The number of esters is 1. The van der Waals surface area contributed by atoms with Crippen LogP contribution in [0, 0.1) is 29.6 Å². The summed E-state index contributed by atoms with van der Waals surface area (Å²) in [6, 6.07) is 9.84. The minimum atomic E-state index is -0.353. The van der Waals surface area contributed by atoms with E-state index < -0.39 is 0 Å². The smallest absolute Gasteiger partial charge is 0.359 e. The third-order valence-corrected chi connectivity index (χ3v) is 9.34. The Morgan fingerprint density at radius 3 is 2.32 bits per heavy atom. The van der Waals surface area contributed by atoms with Crippen molar-refractivity contribution in [1.82, 2.24) is 9.97 Å². The Bertz CT molecular complexity index is 1070. The third kappa shape index (κ3) is 3.73. The van der Waals surface area contributed by atoms with Crippen LogP contribution >= 0.6 is 0 Å². The van der Waals surface area contributed by atoms with Gasteiger partial charge < -0.3 is 14.5 Å². The van der Waals surface area contributed by atoms with Gasteiger partial charge in [0.1, 0.15) is 12.4 Å². The van der Waals surface area contributed by atoms with E-state index >= 15 is 0 Å². The summed E-state index contributed by atoms with van der Waals surface area (Å²) in [6.45, 7) is 0.680. The largest absolute Gasteiger partial charge is 0.456 e.